The van der Waals surface area contributed by atoms with Gasteiger partial charge >= 0.3 is 0 Å². The van der Waals surface area contributed by atoms with Crippen molar-refractivity contribution in [1.29, 1.82) is 5.26 Å². The largest absolute Gasteiger partial charge is 0.375 e. The predicted octanol–water partition coefficient (Wildman–Crippen LogP) is 2.05. The number of nitriles is 1. The van der Waals surface area contributed by atoms with Crippen molar-refractivity contribution in [3.05, 3.63) is 30.3 Å². The minimum atomic E-state index is -1.24. The van der Waals surface area contributed by atoms with E-state index in [1.54, 1.807) is 0 Å². The Morgan fingerprint density at radius 2 is 2.08 bits per heavy atom. The van der Waals surface area contributed by atoms with Gasteiger partial charge in [-0.05, 0) is 19.1 Å². The van der Waals surface area contributed by atoms with Crippen LogP contribution < -0.4 is 0 Å². The molecular weight excluding hydrogens is 182 g/mol. The summed E-state index contributed by atoms with van der Waals surface area (Å²) in [6.07, 6.45) is 0. The first-order valence-electron chi connectivity index (χ1n) is 3.95. The number of rotatable bonds is 3. The van der Waals surface area contributed by atoms with Crippen molar-refractivity contribution in [3.63, 3.8) is 0 Å². The van der Waals surface area contributed by atoms with Crippen molar-refractivity contribution in [2.75, 3.05) is 5.75 Å². The summed E-state index contributed by atoms with van der Waals surface area (Å²) < 4.78 is 0. The van der Waals surface area contributed by atoms with Crippen molar-refractivity contribution in [1.82, 2.24) is 0 Å². The van der Waals surface area contributed by atoms with Crippen LogP contribution in [0.25, 0.3) is 0 Å². The topological polar surface area (TPSA) is 44.0 Å². The molecular formula is C10H11NOS. The van der Waals surface area contributed by atoms with Crippen LogP contribution in [0.5, 0.6) is 0 Å². The number of hydrogen-bond donors (Lipinski definition) is 1. The third-order valence-corrected chi connectivity index (χ3v) is 2.82. The Morgan fingerprint density at radius 1 is 1.46 bits per heavy atom. The molecule has 0 radical (unpaired) electrons. The fourth-order valence-electron chi connectivity index (χ4n) is 0.773. The van der Waals surface area contributed by atoms with Gasteiger partial charge in [-0.1, -0.05) is 18.2 Å². The molecule has 1 rings (SSSR count). The molecule has 1 aromatic rings. The van der Waals surface area contributed by atoms with Crippen molar-refractivity contribution in [2.45, 2.75) is 17.4 Å². The first-order chi connectivity index (χ1) is 6.14. The zero-order chi connectivity index (χ0) is 9.73. The van der Waals surface area contributed by atoms with Gasteiger partial charge in [-0.2, -0.15) is 5.26 Å². The van der Waals surface area contributed by atoms with E-state index in [1.807, 2.05) is 36.4 Å². The van der Waals surface area contributed by atoms with Gasteiger partial charge in [0.1, 0.15) is 0 Å². The van der Waals surface area contributed by atoms with Gasteiger partial charge in [0.2, 0.25) is 0 Å². The molecule has 0 aromatic heterocycles. The third kappa shape index (κ3) is 3.49. The summed E-state index contributed by atoms with van der Waals surface area (Å²) in [4.78, 5) is 1.07. The summed E-state index contributed by atoms with van der Waals surface area (Å²) in [5, 5.41) is 18.0. The molecule has 0 amide bonds. The maximum Gasteiger partial charge on any atom is 0.157 e. The van der Waals surface area contributed by atoms with E-state index >= 15 is 0 Å². The summed E-state index contributed by atoms with van der Waals surface area (Å²) in [7, 11) is 0. The average Bonchev–Trinajstić information content (AvgIpc) is 2.17. The molecule has 0 aliphatic rings. The van der Waals surface area contributed by atoms with Crippen LogP contribution in [0.1, 0.15) is 6.92 Å². The van der Waals surface area contributed by atoms with E-state index in [0.717, 1.165) is 4.90 Å². The number of nitrogens with zero attached hydrogens (tertiary/aromatic N) is 1. The maximum atomic E-state index is 9.40. The molecule has 2 nitrogen and oxygen atoms in total. The number of benzene rings is 1. The second-order valence-corrected chi connectivity index (χ2v) is 4.04. The average molecular weight is 193 g/mol. The van der Waals surface area contributed by atoms with Crippen molar-refractivity contribution < 1.29 is 5.11 Å². The minimum absolute atomic E-state index is 0.396. The molecule has 0 spiro atoms. The molecule has 1 unspecified atom stereocenters. The SMILES string of the molecule is CC(O)(C#N)CSc1ccccc1. The second kappa shape index (κ2) is 4.31. The Labute approximate surface area is 82.2 Å². The molecule has 3 heteroatoms. The quantitative estimate of drug-likeness (QED) is 0.590. The first kappa shape index (κ1) is 10.1. The third-order valence-electron chi connectivity index (χ3n) is 1.50. The monoisotopic (exact) mass is 193 g/mol. The molecule has 0 saturated heterocycles. The summed E-state index contributed by atoms with van der Waals surface area (Å²) in [6.45, 7) is 1.52. The van der Waals surface area contributed by atoms with E-state index in [9.17, 15) is 5.11 Å². The smallest absolute Gasteiger partial charge is 0.157 e. The Balaban J connectivity index is 2.50. The molecule has 0 bridgehead atoms. The van der Waals surface area contributed by atoms with Gasteiger partial charge in [-0.15, -0.1) is 11.8 Å². The Morgan fingerprint density at radius 3 is 2.62 bits per heavy atom. The highest BCUT2D eigenvalue weighted by atomic mass is 32.2. The molecule has 0 saturated carbocycles. The van der Waals surface area contributed by atoms with E-state index < -0.39 is 5.60 Å². The molecule has 0 aliphatic heterocycles. The van der Waals surface area contributed by atoms with Gasteiger partial charge in [0, 0.05) is 10.6 Å². The predicted molar refractivity (Wildman–Crippen MR) is 53.4 cm³/mol. The van der Waals surface area contributed by atoms with Gasteiger partial charge in [-0.3, -0.25) is 0 Å². The maximum absolute atomic E-state index is 9.40. The van der Waals surface area contributed by atoms with Crippen LogP contribution in [-0.4, -0.2) is 16.5 Å². The Kier molecular flexibility index (Phi) is 3.35. The second-order valence-electron chi connectivity index (χ2n) is 2.99. The zero-order valence-electron chi connectivity index (χ0n) is 7.40. The number of thioether (sulfide) groups is 1. The molecule has 13 heavy (non-hydrogen) atoms. The van der Waals surface area contributed by atoms with E-state index in [1.165, 1.54) is 18.7 Å². The molecule has 1 atom stereocenters. The van der Waals surface area contributed by atoms with E-state index in [-0.39, 0.29) is 0 Å². The van der Waals surface area contributed by atoms with Crippen molar-refractivity contribution in [3.8, 4) is 6.07 Å². The lowest BCUT2D eigenvalue weighted by Gasteiger charge is -2.12. The summed E-state index contributed by atoms with van der Waals surface area (Å²) in [5.74, 6) is 0.396. The molecule has 68 valence electrons. The van der Waals surface area contributed by atoms with Gasteiger partial charge in [-0.25, -0.2) is 0 Å². The van der Waals surface area contributed by atoms with Crippen LogP contribution in [0.15, 0.2) is 35.2 Å². The zero-order valence-corrected chi connectivity index (χ0v) is 8.21. The van der Waals surface area contributed by atoms with Crippen LogP contribution in [0.3, 0.4) is 0 Å². The molecule has 0 fully saturated rings. The summed E-state index contributed by atoms with van der Waals surface area (Å²) in [6, 6.07) is 11.6. The Hall–Kier alpha value is -0.980. The summed E-state index contributed by atoms with van der Waals surface area (Å²) in [5.41, 5.74) is -1.24. The van der Waals surface area contributed by atoms with Crippen LogP contribution >= 0.6 is 11.8 Å². The fraction of sp³-hybridized carbons (Fsp3) is 0.300. The molecule has 1 N–H and O–H groups in total. The fourth-order valence-corrected chi connectivity index (χ4v) is 1.63. The minimum Gasteiger partial charge on any atom is -0.375 e. The number of hydrogen-bond acceptors (Lipinski definition) is 3. The first-order valence-corrected chi connectivity index (χ1v) is 4.94. The lowest BCUT2D eigenvalue weighted by Crippen LogP contribution is -2.24. The molecule has 0 aliphatic carbocycles. The van der Waals surface area contributed by atoms with Crippen molar-refractivity contribution >= 4 is 11.8 Å². The lowest BCUT2D eigenvalue weighted by atomic mass is 10.2. The standard InChI is InChI=1S/C10H11NOS/c1-10(12,7-11)8-13-9-5-3-2-4-6-9/h2-6,12H,8H2,1H3. The lowest BCUT2D eigenvalue weighted by molar-refractivity contribution is 0.146. The van der Waals surface area contributed by atoms with E-state index in [0.29, 0.717) is 5.75 Å². The molecule has 0 heterocycles. The van der Waals surface area contributed by atoms with Crippen molar-refractivity contribution in [2.24, 2.45) is 0 Å². The van der Waals surface area contributed by atoms with E-state index in [2.05, 4.69) is 0 Å². The van der Waals surface area contributed by atoms with Crippen LogP contribution in [-0.2, 0) is 0 Å². The highest BCUT2D eigenvalue weighted by molar-refractivity contribution is 7.99. The van der Waals surface area contributed by atoms with E-state index in [4.69, 9.17) is 5.26 Å². The van der Waals surface area contributed by atoms with Crippen LogP contribution in [0.4, 0.5) is 0 Å². The van der Waals surface area contributed by atoms with Gasteiger partial charge in [0.25, 0.3) is 0 Å². The normalized spacial score (nSPS) is 14.5. The molecule has 1 aromatic carbocycles. The summed E-state index contributed by atoms with van der Waals surface area (Å²) >= 11 is 1.48. The van der Waals surface area contributed by atoms with Crippen LogP contribution in [0.2, 0.25) is 0 Å². The van der Waals surface area contributed by atoms with Crippen LogP contribution in [0, 0.1) is 11.3 Å². The van der Waals surface area contributed by atoms with Gasteiger partial charge < -0.3 is 5.11 Å². The number of aliphatic hydroxyl groups is 1. The highest BCUT2D eigenvalue weighted by Gasteiger charge is 2.18. The highest BCUT2D eigenvalue weighted by Crippen LogP contribution is 2.21. The van der Waals surface area contributed by atoms with Gasteiger partial charge in [0.15, 0.2) is 5.60 Å². The Bertz CT molecular complexity index is 302. The van der Waals surface area contributed by atoms with Gasteiger partial charge in [0.05, 0.1) is 6.07 Å².